The maximum absolute atomic E-state index is 12.7. The van der Waals surface area contributed by atoms with Crippen LogP contribution in [0.15, 0.2) is 22.6 Å². The number of carbonyl (C=O) groups excluding carboxylic acids is 1. The molecule has 1 aromatic carbocycles. The number of fused-ring (bicyclic) bond motifs is 1. The largest absolute Gasteiger partial charge is 0.497 e. The van der Waals surface area contributed by atoms with Gasteiger partial charge in [0, 0.05) is 24.4 Å². The maximum Gasteiger partial charge on any atom is 0.255 e. The predicted molar refractivity (Wildman–Crippen MR) is 99.2 cm³/mol. The molecule has 4 rings (SSSR count). The van der Waals surface area contributed by atoms with Crippen LogP contribution in [0.25, 0.3) is 11.0 Å². The Morgan fingerprint density at radius 1 is 1.50 bits per heavy atom. The lowest BCUT2D eigenvalue weighted by Crippen LogP contribution is -2.26. The number of hydrogen-bond donors (Lipinski definition) is 2. The van der Waals surface area contributed by atoms with E-state index < -0.39 is 0 Å². The van der Waals surface area contributed by atoms with Gasteiger partial charge >= 0.3 is 0 Å². The Morgan fingerprint density at radius 3 is 3.04 bits per heavy atom. The molecule has 2 N–H and O–H groups in total. The standard InChI is InChI=1S/C18H20N4O3S/c1-10-16(13-9-12(24-2)5-6-14(13)25-10)17(23)19-8-7-15-20-21-18(26)22(15)11-3-4-11/h5-6,9,11H,3-4,7-8H2,1-2H3,(H,19,23)(H,21,26). The minimum atomic E-state index is -0.165. The van der Waals surface area contributed by atoms with Gasteiger partial charge in [0.15, 0.2) is 4.77 Å². The van der Waals surface area contributed by atoms with Gasteiger partial charge in [-0.25, -0.2) is 0 Å². The molecule has 1 aliphatic rings. The third-order valence-corrected chi connectivity index (χ3v) is 4.91. The fraction of sp³-hybridized carbons (Fsp3) is 0.389. The molecule has 0 unspecified atom stereocenters. The van der Waals surface area contributed by atoms with Crippen LogP contribution in [0.2, 0.25) is 0 Å². The monoisotopic (exact) mass is 372 g/mol. The van der Waals surface area contributed by atoms with Crippen LogP contribution in [-0.2, 0) is 6.42 Å². The smallest absolute Gasteiger partial charge is 0.255 e. The van der Waals surface area contributed by atoms with Gasteiger partial charge in [-0.3, -0.25) is 9.89 Å². The van der Waals surface area contributed by atoms with E-state index in [0.717, 1.165) is 24.1 Å². The summed E-state index contributed by atoms with van der Waals surface area (Å²) in [6.07, 6.45) is 2.89. The number of aromatic amines is 1. The lowest BCUT2D eigenvalue weighted by Gasteiger charge is -2.07. The highest BCUT2D eigenvalue weighted by atomic mass is 32.1. The minimum Gasteiger partial charge on any atom is -0.497 e. The van der Waals surface area contributed by atoms with Gasteiger partial charge < -0.3 is 19.0 Å². The van der Waals surface area contributed by atoms with Crippen molar-refractivity contribution < 1.29 is 13.9 Å². The van der Waals surface area contributed by atoms with E-state index in [1.807, 2.05) is 18.2 Å². The topological polar surface area (TPSA) is 85.1 Å². The first-order valence-corrected chi connectivity index (χ1v) is 9.00. The summed E-state index contributed by atoms with van der Waals surface area (Å²) in [6, 6.07) is 5.90. The maximum atomic E-state index is 12.7. The summed E-state index contributed by atoms with van der Waals surface area (Å²) in [5.74, 6) is 1.99. The van der Waals surface area contributed by atoms with Crippen LogP contribution in [0.5, 0.6) is 5.75 Å². The summed E-state index contributed by atoms with van der Waals surface area (Å²) in [5, 5.41) is 10.8. The summed E-state index contributed by atoms with van der Waals surface area (Å²) in [7, 11) is 1.60. The summed E-state index contributed by atoms with van der Waals surface area (Å²) in [5.41, 5.74) is 1.21. The average Bonchev–Trinajstić information content (AvgIpc) is 3.31. The van der Waals surface area contributed by atoms with Crippen molar-refractivity contribution in [2.24, 2.45) is 0 Å². The fourth-order valence-corrected chi connectivity index (χ4v) is 3.51. The van der Waals surface area contributed by atoms with Crippen molar-refractivity contribution in [3.63, 3.8) is 0 Å². The van der Waals surface area contributed by atoms with Gasteiger partial charge in [-0.1, -0.05) is 0 Å². The Morgan fingerprint density at radius 2 is 2.31 bits per heavy atom. The first kappa shape index (κ1) is 16.8. The van der Waals surface area contributed by atoms with Crippen LogP contribution in [0.4, 0.5) is 0 Å². The Balaban J connectivity index is 1.49. The van der Waals surface area contributed by atoms with Crippen molar-refractivity contribution in [1.29, 1.82) is 0 Å². The van der Waals surface area contributed by atoms with E-state index in [1.54, 1.807) is 14.0 Å². The Hall–Kier alpha value is -2.61. The zero-order chi connectivity index (χ0) is 18.3. The molecule has 1 amide bonds. The second-order valence-electron chi connectivity index (χ2n) is 6.45. The van der Waals surface area contributed by atoms with Crippen LogP contribution < -0.4 is 10.1 Å². The summed E-state index contributed by atoms with van der Waals surface area (Å²) in [4.78, 5) is 12.7. The second kappa shape index (κ2) is 6.60. The number of rotatable bonds is 6. The van der Waals surface area contributed by atoms with Crippen LogP contribution in [0.3, 0.4) is 0 Å². The van der Waals surface area contributed by atoms with Crippen molar-refractivity contribution in [2.45, 2.75) is 32.2 Å². The van der Waals surface area contributed by atoms with Crippen molar-refractivity contribution >= 4 is 29.1 Å². The number of nitrogens with one attached hydrogen (secondary N) is 2. The molecule has 7 nitrogen and oxygen atoms in total. The highest BCUT2D eigenvalue weighted by Gasteiger charge is 2.27. The van der Waals surface area contributed by atoms with E-state index >= 15 is 0 Å². The fourth-order valence-electron chi connectivity index (χ4n) is 3.21. The van der Waals surface area contributed by atoms with E-state index in [0.29, 0.717) is 46.4 Å². The quantitative estimate of drug-likeness (QED) is 0.649. The van der Waals surface area contributed by atoms with Gasteiger partial charge in [0.1, 0.15) is 22.9 Å². The highest BCUT2D eigenvalue weighted by Crippen LogP contribution is 2.35. The molecule has 0 bridgehead atoms. The number of amides is 1. The number of benzene rings is 1. The van der Waals surface area contributed by atoms with Crippen LogP contribution in [0.1, 0.15) is 40.8 Å². The number of nitrogens with zero attached hydrogens (tertiary/aromatic N) is 2. The van der Waals surface area contributed by atoms with Gasteiger partial charge in [0.2, 0.25) is 0 Å². The number of H-pyrrole nitrogens is 1. The Kier molecular flexibility index (Phi) is 4.28. The van der Waals surface area contributed by atoms with Crippen molar-refractivity contribution in [1.82, 2.24) is 20.1 Å². The minimum absolute atomic E-state index is 0.165. The van der Waals surface area contributed by atoms with Crippen molar-refractivity contribution in [3.05, 3.63) is 40.1 Å². The molecule has 1 saturated carbocycles. The van der Waals surface area contributed by atoms with Gasteiger partial charge in [-0.15, -0.1) is 0 Å². The third kappa shape index (κ3) is 3.01. The van der Waals surface area contributed by atoms with Crippen LogP contribution >= 0.6 is 12.2 Å². The number of furan rings is 1. The molecule has 1 fully saturated rings. The number of ether oxygens (including phenoxy) is 1. The van der Waals surface area contributed by atoms with Crippen molar-refractivity contribution in [2.75, 3.05) is 13.7 Å². The molecule has 136 valence electrons. The van der Waals surface area contributed by atoms with Gasteiger partial charge in [-0.05, 0) is 50.2 Å². The Labute approximate surface area is 155 Å². The molecule has 0 atom stereocenters. The normalized spacial score (nSPS) is 13.9. The highest BCUT2D eigenvalue weighted by molar-refractivity contribution is 7.71. The number of hydrogen-bond acceptors (Lipinski definition) is 5. The zero-order valence-corrected chi connectivity index (χ0v) is 15.5. The molecule has 2 heterocycles. The summed E-state index contributed by atoms with van der Waals surface area (Å²) in [6.45, 7) is 2.26. The molecule has 0 spiro atoms. The molecule has 1 aliphatic carbocycles. The van der Waals surface area contributed by atoms with Crippen LogP contribution in [-0.4, -0.2) is 34.3 Å². The first-order valence-electron chi connectivity index (χ1n) is 8.59. The molecule has 3 aromatic rings. The molecule has 2 aromatic heterocycles. The molecular formula is C18H20N4O3S. The van der Waals surface area contributed by atoms with Gasteiger partial charge in [0.25, 0.3) is 5.91 Å². The molecule has 0 radical (unpaired) electrons. The van der Waals surface area contributed by atoms with E-state index in [2.05, 4.69) is 20.1 Å². The summed E-state index contributed by atoms with van der Waals surface area (Å²) >= 11 is 5.28. The molecule has 8 heteroatoms. The molecular weight excluding hydrogens is 352 g/mol. The van der Waals surface area contributed by atoms with Crippen LogP contribution in [0, 0.1) is 11.7 Å². The first-order chi connectivity index (χ1) is 12.6. The predicted octanol–water partition coefficient (Wildman–Crippen LogP) is 3.31. The molecule has 0 aliphatic heterocycles. The Bertz CT molecular complexity index is 1030. The molecule has 0 saturated heterocycles. The van der Waals surface area contributed by atoms with E-state index in [9.17, 15) is 4.79 Å². The second-order valence-corrected chi connectivity index (χ2v) is 6.83. The number of carbonyl (C=O) groups is 1. The van der Waals surface area contributed by atoms with E-state index in [4.69, 9.17) is 21.4 Å². The summed E-state index contributed by atoms with van der Waals surface area (Å²) < 4.78 is 13.7. The van der Waals surface area contributed by atoms with Crippen molar-refractivity contribution in [3.8, 4) is 5.75 Å². The lowest BCUT2D eigenvalue weighted by molar-refractivity contribution is 0.0954. The number of methoxy groups -OCH3 is 1. The van der Waals surface area contributed by atoms with E-state index in [-0.39, 0.29) is 5.91 Å². The average molecular weight is 372 g/mol. The number of aromatic nitrogens is 3. The number of aryl methyl sites for hydroxylation is 1. The SMILES string of the molecule is COc1ccc2oc(C)c(C(=O)NCCc3n[nH]c(=S)n3C3CC3)c2c1. The zero-order valence-electron chi connectivity index (χ0n) is 14.7. The van der Waals surface area contributed by atoms with E-state index in [1.165, 1.54) is 0 Å². The lowest BCUT2D eigenvalue weighted by atomic mass is 10.1. The van der Waals surface area contributed by atoms with Gasteiger partial charge in [0.05, 0.1) is 12.7 Å². The van der Waals surface area contributed by atoms with Gasteiger partial charge in [-0.2, -0.15) is 5.10 Å². The third-order valence-electron chi connectivity index (χ3n) is 4.62. The molecule has 26 heavy (non-hydrogen) atoms.